The predicted octanol–water partition coefficient (Wildman–Crippen LogP) is 2.75. The molecule has 0 saturated heterocycles. The Kier molecular flexibility index (Phi) is 6.31. The minimum atomic E-state index is -0.483. The Bertz CT molecular complexity index is 491. The van der Waals surface area contributed by atoms with E-state index in [0.717, 1.165) is 11.3 Å². The Hall–Kier alpha value is -1.75. The summed E-state index contributed by atoms with van der Waals surface area (Å²) in [7, 11) is 0. The highest BCUT2D eigenvalue weighted by Crippen LogP contribution is 2.23. The number of hydrogen-bond acceptors (Lipinski definition) is 3. The second-order valence-corrected chi connectivity index (χ2v) is 4.69. The van der Waals surface area contributed by atoms with E-state index in [-0.39, 0.29) is 5.91 Å². The average molecular weight is 299 g/mol. The van der Waals surface area contributed by atoms with Crippen LogP contribution in [0.2, 0.25) is 5.02 Å². The van der Waals surface area contributed by atoms with E-state index in [1.165, 1.54) is 6.92 Å². The highest BCUT2D eigenvalue weighted by molar-refractivity contribution is 6.30. The number of alkyl carbamates (subject to hydrolysis) is 1. The summed E-state index contributed by atoms with van der Waals surface area (Å²) in [5.74, 6) is -0.0962. The lowest BCUT2D eigenvalue weighted by Gasteiger charge is -2.23. The van der Waals surface area contributed by atoms with Gasteiger partial charge in [-0.2, -0.15) is 0 Å². The van der Waals surface area contributed by atoms with Gasteiger partial charge in [0.05, 0.1) is 6.61 Å². The molecule has 1 rings (SSSR count). The standard InChI is InChI=1S/C14H19ClN2O3/c1-4-20-14(19)16-7-8-17(11(3)18)13-6-5-12(15)9-10(13)2/h5-6,9H,4,7-8H2,1-3H3,(H,16,19). The van der Waals surface area contributed by atoms with Gasteiger partial charge in [0, 0.05) is 30.7 Å². The fourth-order valence-corrected chi connectivity index (χ4v) is 2.05. The molecular weight excluding hydrogens is 280 g/mol. The number of ether oxygens (including phenoxy) is 1. The molecule has 1 aromatic carbocycles. The van der Waals surface area contributed by atoms with Crippen LogP contribution in [0.3, 0.4) is 0 Å². The van der Waals surface area contributed by atoms with Crippen molar-refractivity contribution >= 4 is 29.3 Å². The average Bonchev–Trinajstić information content (AvgIpc) is 2.36. The largest absolute Gasteiger partial charge is 0.450 e. The number of nitrogens with zero attached hydrogens (tertiary/aromatic N) is 1. The van der Waals surface area contributed by atoms with E-state index >= 15 is 0 Å². The molecule has 0 saturated carbocycles. The topological polar surface area (TPSA) is 58.6 Å². The summed E-state index contributed by atoms with van der Waals surface area (Å²) in [6.07, 6.45) is -0.483. The Morgan fingerprint density at radius 2 is 2.10 bits per heavy atom. The van der Waals surface area contributed by atoms with Gasteiger partial charge in [-0.15, -0.1) is 0 Å². The second kappa shape index (κ2) is 7.75. The zero-order chi connectivity index (χ0) is 15.1. The lowest BCUT2D eigenvalue weighted by Crippen LogP contribution is -2.38. The van der Waals surface area contributed by atoms with Gasteiger partial charge in [0.25, 0.3) is 0 Å². The molecule has 20 heavy (non-hydrogen) atoms. The van der Waals surface area contributed by atoms with Crippen LogP contribution in [0.15, 0.2) is 18.2 Å². The molecule has 0 aromatic heterocycles. The zero-order valence-electron chi connectivity index (χ0n) is 11.9. The van der Waals surface area contributed by atoms with Crippen molar-refractivity contribution in [2.24, 2.45) is 0 Å². The van der Waals surface area contributed by atoms with Gasteiger partial charge in [-0.1, -0.05) is 11.6 Å². The minimum absolute atomic E-state index is 0.0962. The van der Waals surface area contributed by atoms with Crippen LogP contribution in [0.4, 0.5) is 10.5 Å². The van der Waals surface area contributed by atoms with Crippen molar-refractivity contribution < 1.29 is 14.3 Å². The monoisotopic (exact) mass is 298 g/mol. The molecule has 0 radical (unpaired) electrons. The first-order valence-electron chi connectivity index (χ1n) is 6.40. The van der Waals surface area contributed by atoms with Crippen LogP contribution in [0.25, 0.3) is 0 Å². The van der Waals surface area contributed by atoms with Gasteiger partial charge in [0.2, 0.25) is 5.91 Å². The lowest BCUT2D eigenvalue weighted by atomic mass is 10.2. The van der Waals surface area contributed by atoms with E-state index in [0.29, 0.717) is 24.7 Å². The van der Waals surface area contributed by atoms with E-state index in [1.54, 1.807) is 30.0 Å². The third kappa shape index (κ3) is 4.74. The molecule has 6 heteroatoms. The third-order valence-corrected chi connectivity index (χ3v) is 2.95. The van der Waals surface area contributed by atoms with Crippen molar-refractivity contribution in [3.63, 3.8) is 0 Å². The molecule has 0 atom stereocenters. The molecule has 5 nitrogen and oxygen atoms in total. The minimum Gasteiger partial charge on any atom is -0.450 e. The number of carbonyl (C=O) groups is 2. The van der Waals surface area contributed by atoms with Crippen molar-refractivity contribution in [2.45, 2.75) is 20.8 Å². The molecule has 0 heterocycles. The van der Waals surface area contributed by atoms with Gasteiger partial charge < -0.3 is 15.0 Å². The Labute approximate surface area is 123 Å². The van der Waals surface area contributed by atoms with Crippen molar-refractivity contribution in [1.29, 1.82) is 0 Å². The Morgan fingerprint density at radius 1 is 1.40 bits per heavy atom. The SMILES string of the molecule is CCOC(=O)NCCN(C(C)=O)c1ccc(Cl)cc1C. The van der Waals surface area contributed by atoms with Crippen LogP contribution >= 0.6 is 11.6 Å². The molecule has 1 aromatic rings. The summed E-state index contributed by atoms with van der Waals surface area (Å²) in [4.78, 5) is 24.5. The normalized spacial score (nSPS) is 10.0. The summed E-state index contributed by atoms with van der Waals surface area (Å²) < 4.78 is 4.76. The first-order valence-corrected chi connectivity index (χ1v) is 6.78. The quantitative estimate of drug-likeness (QED) is 0.909. The fraction of sp³-hybridized carbons (Fsp3) is 0.429. The van der Waals surface area contributed by atoms with Crippen LogP contribution in [0.1, 0.15) is 19.4 Å². The fourth-order valence-electron chi connectivity index (χ4n) is 1.82. The highest BCUT2D eigenvalue weighted by atomic mass is 35.5. The highest BCUT2D eigenvalue weighted by Gasteiger charge is 2.14. The van der Waals surface area contributed by atoms with Gasteiger partial charge in [-0.3, -0.25) is 4.79 Å². The molecule has 1 N–H and O–H groups in total. The Balaban J connectivity index is 2.70. The number of nitrogens with one attached hydrogen (secondary N) is 1. The maximum Gasteiger partial charge on any atom is 0.407 e. The zero-order valence-corrected chi connectivity index (χ0v) is 12.7. The molecule has 110 valence electrons. The third-order valence-electron chi connectivity index (χ3n) is 2.71. The number of aryl methyl sites for hydroxylation is 1. The van der Waals surface area contributed by atoms with Gasteiger partial charge >= 0.3 is 6.09 Å². The van der Waals surface area contributed by atoms with Gasteiger partial charge in [0.15, 0.2) is 0 Å². The number of benzene rings is 1. The summed E-state index contributed by atoms with van der Waals surface area (Å²) in [5, 5.41) is 3.21. The lowest BCUT2D eigenvalue weighted by molar-refractivity contribution is -0.116. The van der Waals surface area contributed by atoms with E-state index in [9.17, 15) is 9.59 Å². The van der Waals surface area contributed by atoms with Crippen LogP contribution in [0.5, 0.6) is 0 Å². The van der Waals surface area contributed by atoms with Crippen molar-refractivity contribution in [3.05, 3.63) is 28.8 Å². The Morgan fingerprint density at radius 3 is 2.65 bits per heavy atom. The molecule has 0 fully saturated rings. The van der Waals surface area contributed by atoms with Gasteiger partial charge in [-0.25, -0.2) is 4.79 Å². The molecule has 0 aliphatic rings. The van der Waals surface area contributed by atoms with Crippen LogP contribution < -0.4 is 10.2 Å². The first kappa shape index (κ1) is 16.3. The molecule has 0 aliphatic carbocycles. The van der Waals surface area contributed by atoms with E-state index < -0.39 is 6.09 Å². The van der Waals surface area contributed by atoms with Crippen LogP contribution in [-0.4, -0.2) is 31.7 Å². The molecule has 0 aliphatic heterocycles. The maximum absolute atomic E-state index is 11.7. The summed E-state index contributed by atoms with van der Waals surface area (Å²) in [6.45, 7) is 6.11. The first-order chi connectivity index (χ1) is 9.45. The van der Waals surface area contributed by atoms with Crippen molar-refractivity contribution in [1.82, 2.24) is 5.32 Å². The molecule has 0 bridgehead atoms. The summed E-state index contributed by atoms with van der Waals surface area (Å²) in [5.41, 5.74) is 1.69. The number of anilines is 1. The van der Waals surface area contributed by atoms with E-state index in [2.05, 4.69) is 5.32 Å². The van der Waals surface area contributed by atoms with Crippen LogP contribution in [0, 0.1) is 6.92 Å². The number of halogens is 1. The number of hydrogen-bond donors (Lipinski definition) is 1. The van der Waals surface area contributed by atoms with Gasteiger partial charge in [-0.05, 0) is 37.6 Å². The molecular formula is C14H19ClN2O3. The molecule has 2 amide bonds. The van der Waals surface area contributed by atoms with Crippen molar-refractivity contribution in [2.75, 3.05) is 24.6 Å². The smallest absolute Gasteiger partial charge is 0.407 e. The number of rotatable bonds is 5. The predicted molar refractivity (Wildman–Crippen MR) is 79.2 cm³/mol. The van der Waals surface area contributed by atoms with Gasteiger partial charge in [0.1, 0.15) is 0 Å². The summed E-state index contributed by atoms with van der Waals surface area (Å²) >= 11 is 5.90. The second-order valence-electron chi connectivity index (χ2n) is 4.25. The number of amides is 2. The molecule has 0 unspecified atom stereocenters. The van der Waals surface area contributed by atoms with Crippen molar-refractivity contribution in [3.8, 4) is 0 Å². The van der Waals surface area contributed by atoms with E-state index in [4.69, 9.17) is 16.3 Å². The van der Waals surface area contributed by atoms with Crippen LogP contribution in [-0.2, 0) is 9.53 Å². The molecule has 0 spiro atoms. The summed E-state index contributed by atoms with van der Waals surface area (Å²) in [6, 6.07) is 5.33. The van der Waals surface area contributed by atoms with E-state index in [1.807, 2.05) is 6.92 Å². The maximum atomic E-state index is 11.7. The number of carbonyl (C=O) groups excluding carboxylic acids is 2.